The van der Waals surface area contributed by atoms with E-state index in [2.05, 4.69) is 20.6 Å². The molecule has 0 spiro atoms. The fourth-order valence-electron chi connectivity index (χ4n) is 6.59. The minimum atomic E-state index is -1.09. The molecule has 294 valence electrons. The average Bonchev–Trinajstić information content (AvgIpc) is 3.84. The van der Waals surface area contributed by atoms with Crippen LogP contribution in [0.1, 0.15) is 41.6 Å². The molecule has 2 saturated heterocycles. The number of fused-ring (bicyclic) bond motifs is 1. The molecule has 2 amide bonds. The van der Waals surface area contributed by atoms with Crippen molar-refractivity contribution in [3.63, 3.8) is 0 Å². The predicted octanol–water partition coefficient (Wildman–Crippen LogP) is 2.45. The summed E-state index contributed by atoms with van der Waals surface area (Å²) < 4.78 is 41.4. The number of methoxy groups -OCH3 is 1. The number of benzene rings is 2. The number of rotatable bonds is 12. The summed E-state index contributed by atoms with van der Waals surface area (Å²) in [6.07, 6.45) is 6.55. The second kappa shape index (κ2) is 18.5. The number of imidazole rings is 1. The van der Waals surface area contributed by atoms with Crippen LogP contribution >= 0.6 is 0 Å². The van der Waals surface area contributed by atoms with Gasteiger partial charge in [-0.15, -0.1) is 0 Å². The van der Waals surface area contributed by atoms with Crippen LogP contribution < -0.4 is 26.8 Å². The van der Waals surface area contributed by atoms with Crippen molar-refractivity contribution in [2.24, 2.45) is 11.5 Å². The molecule has 16 nitrogen and oxygen atoms in total. The molecule has 2 aromatic carbocycles. The summed E-state index contributed by atoms with van der Waals surface area (Å²) >= 11 is 0. The van der Waals surface area contributed by atoms with Gasteiger partial charge in [-0.3, -0.25) is 23.6 Å². The quantitative estimate of drug-likeness (QED) is 0.0796. The molecular formula is C37H45F2N9O7. The van der Waals surface area contributed by atoms with Gasteiger partial charge in [0.05, 0.1) is 25.0 Å². The van der Waals surface area contributed by atoms with Crippen molar-refractivity contribution >= 4 is 41.4 Å². The Morgan fingerprint density at radius 3 is 2.51 bits per heavy atom. The molecule has 6 rings (SSSR count). The van der Waals surface area contributed by atoms with E-state index in [0.717, 1.165) is 18.4 Å². The van der Waals surface area contributed by atoms with Crippen LogP contribution in [0.5, 0.6) is 5.75 Å². The highest BCUT2D eigenvalue weighted by atomic mass is 19.2. The largest absolute Gasteiger partial charge is 0.494 e. The number of carboxylic acid groups (broad SMARTS) is 1. The van der Waals surface area contributed by atoms with Gasteiger partial charge in [-0.2, -0.15) is 4.39 Å². The highest BCUT2D eigenvalue weighted by Crippen LogP contribution is 2.32. The Bertz CT molecular complexity index is 2010. The van der Waals surface area contributed by atoms with Crippen molar-refractivity contribution < 1.29 is 42.5 Å². The monoisotopic (exact) mass is 765 g/mol. The number of esters is 1. The lowest BCUT2D eigenvalue weighted by atomic mass is 10.1. The molecule has 4 aromatic rings. The van der Waals surface area contributed by atoms with E-state index >= 15 is 0 Å². The molecule has 2 aliphatic heterocycles. The molecule has 0 aliphatic carbocycles. The van der Waals surface area contributed by atoms with Crippen LogP contribution in [0, 0.1) is 18.6 Å². The van der Waals surface area contributed by atoms with Gasteiger partial charge in [0.15, 0.2) is 23.0 Å². The average molecular weight is 766 g/mol. The number of carbonyl (C=O) groups excluding carboxylic acids is 3. The lowest BCUT2D eigenvalue weighted by molar-refractivity contribution is -0.150. The van der Waals surface area contributed by atoms with Crippen LogP contribution in [0.3, 0.4) is 0 Å². The van der Waals surface area contributed by atoms with Crippen molar-refractivity contribution in [1.29, 1.82) is 0 Å². The zero-order valence-electron chi connectivity index (χ0n) is 30.5. The van der Waals surface area contributed by atoms with Crippen LogP contribution in [-0.4, -0.2) is 118 Å². The van der Waals surface area contributed by atoms with E-state index in [-0.39, 0.29) is 29.6 Å². The number of anilines is 2. The lowest BCUT2D eigenvalue weighted by Crippen LogP contribution is -2.54. The summed E-state index contributed by atoms with van der Waals surface area (Å²) in [6, 6.07) is 6.92. The van der Waals surface area contributed by atoms with Crippen molar-refractivity contribution in [3.05, 3.63) is 71.7 Å². The molecule has 2 fully saturated rings. The topological polar surface area (TPSA) is 220 Å². The highest BCUT2D eigenvalue weighted by Gasteiger charge is 2.36. The highest BCUT2D eigenvalue weighted by molar-refractivity contribution is 5.96. The number of carbonyl (C=O) groups is 4. The van der Waals surface area contributed by atoms with E-state index in [9.17, 15) is 23.2 Å². The smallest absolute Gasteiger partial charge is 0.323 e. The standard InChI is InChI=1S/C36H43F2N9O5.CH2O2/c1-21-17-22(44-32-33-43-20-28(47(33)12-11-41-32)25-8-9-29(51-2)31(38)30(25)37)6-7-24(21)34(48)45-13-15-46(16-14-45)35(49)27-18-23(19-42-27)52-36(50)26(40)5-3-4-10-39;2-1-3/h6-9,11-12,17,20,23,26-27,42H,3-5,10,13-16,18-19,39-40H2,1-2H3,(H,41,44);1H,(H,2,3)/t23-,26+,27+;/m1./s1. The number of hydrogen-bond donors (Lipinski definition) is 5. The van der Waals surface area contributed by atoms with E-state index in [0.29, 0.717) is 80.5 Å². The summed E-state index contributed by atoms with van der Waals surface area (Å²) in [5.74, 6) is -2.65. The van der Waals surface area contributed by atoms with Gasteiger partial charge in [0, 0.05) is 68.4 Å². The summed E-state index contributed by atoms with van der Waals surface area (Å²) in [7, 11) is 1.27. The zero-order chi connectivity index (χ0) is 39.6. The third-order valence-electron chi connectivity index (χ3n) is 9.51. The molecule has 3 atom stereocenters. The maximum absolute atomic E-state index is 14.9. The third kappa shape index (κ3) is 9.33. The molecule has 4 heterocycles. The van der Waals surface area contributed by atoms with E-state index in [1.165, 1.54) is 31.6 Å². The van der Waals surface area contributed by atoms with Gasteiger partial charge >= 0.3 is 5.97 Å². The minimum absolute atomic E-state index is 0.0180. The zero-order valence-corrected chi connectivity index (χ0v) is 30.5. The molecule has 0 saturated carbocycles. The minimum Gasteiger partial charge on any atom is -0.494 e. The SMILES string of the molecule is COc1ccc(-c2cnc3c(Nc4ccc(C(=O)N5CCN(C(=O)[C@@H]6C[C@@H](OC(=O)[C@@H](N)CCCCN)CN6)CC5)c(C)c4)nccn23)c(F)c1F.O=CO. The van der Waals surface area contributed by atoms with Crippen LogP contribution in [0.25, 0.3) is 16.9 Å². The first-order valence-corrected chi connectivity index (χ1v) is 17.8. The number of nitrogens with two attached hydrogens (primary N) is 2. The van der Waals surface area contributed by atoms with E-state index in [1.54, 1.807) is 32.5 Å². The molecule has 2 aliphatic rings. The second-order valence-electron chi connectivity index (χ2n) is 13.1. The van der Waals surface area contributed by atoms with E-state index in [4.69, 9.17) is 30.8 Å². The Hall–Kier alpha value is -5.72. The van der Waals surface area contributed by atoms with Crippen molar-refractivity contribution in [3.8, 4) is 17.0 Å². The molecule has 7 N–H and O–H groups in total. The van der Waals surface area contributed by atoms with Crippen LogP contribution in [0.15, 0.2) is 48.9 Å². The molecule has 0 unspecified atom stereocenters. The first kappa shape index (κ1) is 40.5. The van der Waals surface area contributed by atoms with Gasteiger partial charge in [-0.05, 0) is 62.2 Å². The van der Waals surface area contributed by atoms with Crippen LogP contribution in [0.4, 0.5) is 20.3 Å². The number of nitrogens with one attached hydrogen (secondary N) is 2. The van der Waals surface area contributed by atoms with Gasteiger partial charge in [0.25, 0.3) is 12.4 Å². The van der Waals surface area contributed by atoms with Crippen LogP contribution in [-0.2, 0) is 19.1 Å². The van der Waals surface area contributed by atoms with E-state index in [1.807, 2.05) is 13.0 Å². The fourth-order valence-corrected chi connectivity index (χ4v) is 6.59. The van der Waals surface area contributed by atoms with E-state index < -0.39 is 35.8 Å². The molecule has 2 aromatic heterocycles. The van der Waals surface area contributed by atoms with Gasteiger partial charge in [0.2, 0.25) is 11.7 Å². The number of ether oxygens (including phenoxy) is 2. The maximum atomic E-state index is 14.9. The Morgan fingerprint density at radius 1 is 1.09 bits per heavy atom. The Morgan fingerprint density at radius 2 is 1.82 bits per heavy atom. The molecule has 0 bridgehead atoms. The van der Waals surface area contributed by atoms with Gasteiger partial charge in [-0.25, -0.2) is 14.4 Å². The normalized spacial score (nSPS) is 17.3. The third-order valence-corrected chi connectivity index (χ3v) is 9.51. The molecule has 0 radical (unpaired) electrons. The lowest BCUT2D eigenvalue weighted by Gasteiger charge is -2.36. The Labute approximate surface area is 315 Å². The molecular weight excluding hydrogens is 720 g/mol. The number of amides is 2. The Kier molecular flexibility index (Phi) is 13.6. The molecule has 55 heavy (non-hydrogen) atoms. The van der Waals surface area contributed by atoms with Gasteiger partial charge < -0.3 is 46.5 Å². The van der Waals surface area contributed by atoms with Gasteiger partial charge in [-0.1, -0.05) is 6.42 Å². The summed E-state index contributed by atoms with van der Waals surface area (Å²) in [4.78, 5) is 59.8. The summed E-state index contributed by atoms with van der Waals surface area (Å²) in [5, 5.41) is 13.3. The molecule has 18 heteroatoms. The van der Waals surface area contributed by atoms with Gasteiger partial charge in [0.1, 0.15) is 12.1 Å². The number of nitrogens with zero attached hydrogens (tertiary/aromatic N) is 5. The van der Waals surface area contributed by atoms with Crippen molar-refractivity contribution in [2.45, 2.75) is 50.8 Å². The number of unbranched alkanes of at least 4 members (excludes halogenated alkanes) is 1. The first-order valence-electron chi connectivity index (χ1n) is 17.8. The first-order chi connectivity index (χ1) is 26.5. The summed E-state index contributed by atoms with van der Waals surface area (Å²) in [5.41, 5.74) is 14.1. The number of hydrogen-bond acceptors (Lipinski definition) is 12. The number of piperazine rings is 1. The fraction of sp³-hybridized carbons (Fsp3) is 0.405. The van der Waals surface area contributed by atoms with Crippen LogP contribution in [0.2, 0.25) is 0 Å². The predicted molar refractivity (Wildman–Crippen MR) is 198 cm³/mol. The maximum Gasteiger partial charge on any atom is 0.323 e. The number of halogens is 2. The van der Waals surface area contributed by atoms with Crippen molar-refractivity contribution in [2.75, 3.05) is 51.7 Å². The Balaban J connectivity index is 0.00000187. The summed E-state index contributed by atoms with van der Waals surface area (Å²) in [6.45, 7) is 4.02. The number of aryl methyl sites for hydroxylation is 1. The van der Waals surface area contributed by atoms with Crippen molar-refractivity contribution in [1.82, 2.24) is 29.5 Å². The second-order valence-corrected chi connectivity index (χ2v) is 13.1. The number of aromatic nitrogens is 3.